The maximum Gasteiger partial charge on any atom is 0.220 e. The van der Waals surface area contributed by atoms with E-state index in [1.54, 1.807) is 11.3 Å². The van der Waals surface area contributed by atoms with E-state index in [1.165, 1.54) is 0 Å². The molecule has 25 heavy (non-hydrogen) atoms. The third kappa shape index (κ3) is 3.74. The second-order valence-electron chi connectivity index (χ2n) is 5.88. The van der Waals surface area contributed by atoms with Crippen LogP contribution in [0.2, 0.25) is 0 Å². The maximum atomic E-state index is 12.1. The number of aryl methyl sites for hydroxylation is 1. The first-order valence-corrected chi connectivity index (χ1v) is 9.09. The van der Waals surface area contributed by atoms with Gasteiger partial charge in [-0.15, -0.1) is 11.3 Å². The van der Waals surface area contributed by atoms with Crippen LogP contribution in [0, 0.1) is 0 Å². The number of carbonyl (C=O) groups is 1. The molecule has 0 spiro atoms. The fraction of sp³-hybridized carbons (Fsp3) is 0.263. The molecule has 3 aromatic rings. The Balaban J connectivity index is 1.25. The second kappa shape index (κ2) is 7.11. The highest BCUT2D eigenvalue weighted by molar-refractivity contribution is 7.18. The van der Waals surface area contributed by atoms with Crippen molar-refractivity contribution >= 4 is 27.5 Å². The first-order chi connectivity index (χ1) is 12.3. The summed E-state index contributed by atoms with van der Waals surface area (Å²) in [6, 6.07) is 15.6. The van der Waals surface area contributed by atoms with Gasteiger partial charge in [-0.1, -0.05) is 24.3 Å². The molecule has 128 valence electrons. The van der Waals surface area contributed by atoms with E-state index >= 15 is 0 Å². The van der Waals surface area contributed by atoms with Gasteiger partial charge in [0.15, 0.2) is 11.5 Å². The number of hydrogen-bond donors (Lipinski definition) is 1. The number of nitrogens with zero attached hydrogens (tertiary/aromatic N) is 1. The smallest absolute Gasteiger partial charge is 0.220 e. The van der Waals surface area contributed by atoms with E-state index in [1.807, 2.05) is 42.5 Å². The van der Waals surface area contributed by atoms with E-state index in [2.05, 4.69) is 16.4 Å². The molecule has 0 fully saturated rings. The highest BCUT2D eigenvalue weighted by atomic mass is 32.1. The zero-order valence-electron chi connectivity index (χ0n) is 13.6. The fourth-order valence-electron chi connectivity index (χ4n) is 2.73. The van der Waals surface area contributed by atoms with Crippen LogP contribution in [0.15, 0.2) is 48.5 Å². The highest BCUT2D eigenvalue weighted by Crippen LogP contribution is 2.30. The molecule has 1 amide bonds. The summed E-state index contributed by atoms with van der Waals surface area (Å²) in [6.45, 7) is 0.877. The number of thiazole rings is 1. The number of nitrogens with one attached hydrogen (secondary N) is 1. The quantitative estimate of drug-likeness (QED) is 0.764. The Morgan fingerprint density at radius 3 is 2.84 bits per heavy atom. The predicted octanol–water partition coefficient (Wildman–Crippen LogP) is 3.19. The van der Waals surface area contributed by atoms with Crippen LogP contribution in [0.3, 0.4) is 0 Å². The largest absolute Gasteiger partial charge is 0.486 e. The molecule has 1 aliphatic rings. The summed E-state index contributed by atoms with van der Waals surface area (Å²) in [4.78, 5) is 16.6. The number of ether oxygens (including phenoxy) is 2. The molecule has 0 saturated heterocycles. The molecule has 4 rings (SSSR count). The molecular formula is C19H18N2O3S. The summed E-state index contributed by atoms with van der Waals surface area (Å²) in [5.74, 6) is 1.48. The minimum absolute atomic E-state index is 0.00159. The lowest BCUT2D eigenvalue weighted by Gasteiger charge is -2.26. The van der Waals surface area contributed by atoms with Gasteiger partial charge in [0.1, 0.15) is 12.7 Å². The van der Waals surface area contributed by atoms with E-state index in [4.69, 9.17) is 9.47 Å². The summed E-state index contributed by atoms with van der Waals surface area (Å²) in [5, 5.41) is 3.91. The Labute approximate surface area is 149 Å². The van der Waals surface area contributed by atoms with E-state index < -0.39 is 0 Å². The summed E-state index contributed by atoms with van der Waals surface area (Å²) in [6.07, 6.45) is 0.904. The molecule has 6 heteroatoms. The van der Waals surface area contributed by atoms with E-state index in [-0.39, 0.29) is 12.0 Å². The molecule has 2 heterocycles. The molecule has 1 atom stereocenters. The monoisotopic (exact) mass is 354 g/mol. The van der Waals surface area contributed by atoms with E-state index in [0.717, 1.165) is 26.7 Å². The number of hydrogen-bond acceptors (Lipinski definition) is 5. The van der Waals surface area contributed by atoms with Crippen molar-refractivity contribution in [3.8, 4) is 11.5 Å². The summed E-state index contributed by atoms with van der Waals surface area (Å²) in [7, 11) is 0. The summed E-state index contributed by atoms with van der Waals surface area (Å²) >= 11 is 1.64. The normalized spacial score (nSPS) is 15.9. The van der Waals surface area contributed by atoms with Gasteiger partial charge in [0, 0.05) is 12.8 Å². The molecule has 1 N–H and O–H groups in total. The van der Waals surface area contributed by atoms with Crippen LogP contribution in [-0.4, -0.2) is 30.1 Å². The van der Waals surface area contributed by atoms with Crippen molar-refractivity contribution in [1.29, 1.82) is 0 Å². The van der Waals surface area contributed by atoms with Gasteiger partial charge in [-0.25, -0.2) is 4.98 Å². The minimum atomic E-state index is -0.165. The lowest BCUT2D eigenvalue weighted by molar-refractivity contribution is -0.121. The SMILES string of the molecule is O=C(CCc1nc2ccccc2s1)NCC1COc2ccccc2O1. The Bertz CT molecular complexity index is 860. The number of rotatable bonds is 5. The van der Waals surface area contributed by atoms with Crippen molar-refractivity contribution in [2.45, 2.75) is 18.9 Å². The van der Waals surface area contributed by atoms with Crippen molar-refractivity contribution in [3.63, 3.8) is 0 Å². The molecule has 2 aromatic carbocycles. The van der Waals surface area contributed by atoms with Crippen LogP contribution < -0.4 is 14.8 Å². The van der Waals surface area contributed by atoms with Crippen LogP contribution >= 0.6 is 11.3 Å². The van der Waals surface area contributed by atoms with Crippen molar-refractivity contribution in [3.05, 3.63) is 53.5 Å². The Hall–Kier alpha value is -2.60. The number of carbonyl (C=O) groups excluding carboxylic acids is 1. The Morgan fingerprint density at radius 2 is 1.96 bits per heavy atom. The fourth-order valence-corrected chi connectivity index (χ4v) is 3.69. The van der Waals surface area contributed by atoms with E-state index in [9.17, 15) is 4.79 Å². The molecule has 1 aromatic heterocycles. The van der Waals surface area contributed by atoms with Gasteiger partial charge in [0.05, 0.1) is 21.8 Å². The molecule has 5 nitrogen and oxygen atoms in total. The molecule has 0 saturated carbocycles. The molecule has 1 unspecified atom stereocenters. The van der Waals surface area contributed by atoms with Crippen molar-refractivity contribution < 1.29 is 14.3 Å². The molecule has 0 bridgehead atoms. The topological polar surface area (TPSA) is 60.5 Å². The lowest BCUT2D eigenvalue weighted by atomic mass is 10.2. The number of amides is 1. The van der Waals surface area contributed by atoms with Crippen LogP contribution in [0.25, 0.3) is 10.2 Å². The van der Waals surface area contributed by atoms with Gasteiger partial charge >= 0.3 is 0 Å². The standard InChI is InChI=1S/C19H18N2O3S/c22-18(9-10-19-21-14-5-1-4-8-17(14)25-19)20-11-13-12-23-15-6-2-3-7-16(15)24-13/h1-8,13H,9-12H2,(H,20,22). The molecule has 0 aliphatic carbocycles. The zero-order chi connectivity index (χ0) is 17.1. The van der Waals surface area contributed by atoms with Gasteiger partial charge in [0.25, 0.3) is 0 Å². The van der Waals surface area contributed by atoms with Gasteiger partial charge in [0.2, 0.25) is 5.91 Å². The maximum absolute atomic E-state index is 12.1. The number of benzene rings is 2. The molecule has 0 radical (unpaired) electrons. The first kappa shape index (κ1) is 15.9. The average Bonchev–Trinajstić information content (AvgIpc) is 3.07. The number of fused-ring (bicyclic) bond motifs is 2. The minimum Gasteiger partial charge on any atom is -0.486 e. The van der Waals surface area contributed by atoms with Crippen molar-refractivity contribution in [2.24, 2.45) is 0 Å². The predicted molar refractivity (Wildman–Crippen MR) is 97.3 cm³/mol. The van der Waals surface area contributed by atoms with Gasteiger partial charge < -0.3 is 14.8 Å². The van der Waals surface area contributed by atoms with Gasteiger partial charge in [-0.2, -0.15) is 0 Å². The van der Waals surface area contributed by atoms with Crippen molar-refractivity contribution in [1.82, 2.24) is 10.3 Å². The van der Waals surface area contributed by atoms with Crippen LogP contribution in [0.5, 0.6) is 11.5 Å². The second-order valence-corrected chi connectivity index (χ2v) is 6.99. The zero-order valence-corrected chi connectivity index (χ0v) is 14.4. The number of para-hydroxylation sites is 3. The highest BCUT2D eigenvalue weighted by Gasteiger charge is 2.21. The van der Waals surface area contributed by atoms with Crippen LogP contribution in [0.4, 0.5) is 0 Å². The third-order valence-electron chi connectivity index (χ3n) is 4.00. The summed E-state index contributed by atoms with van der Waals surface area (Å²) in [5.41, 5.74) is 0.995. The van der Waals surface area contributed by atoms with Crippen LogP contribution in [-0.2, 0) is 11.2 Å². The van der Waals surface area contributed by atoms with Crippen LogP contribution in [0.1, 0.15) is 11.4 Å². The average molecular weight is 354 g/mol. The summed E-state index contributed by atoms with van der Waals surface area (Å²) < 4.78 is 12.6. The van der Waals surface area contributed by atoms with E-state index in [0.29, 0.717) is 26.0 Å². The molecular weight excluding hydrogens is 336 g/mol. The number of aromatic nitrogens is 1. The third-order valence-corrected chi connectivity index (χ3v) is 5.09. The van der Waals surface area contributed by atoms with Gasteiger partial charge in [-0.3, -0.25) is 4.79 Å². The Kier molecular flexibility index (Phi) is 4.52. The van der Waals surface area contributed by atoms with Gasteiger partial charge in [-0.05, 0) is 24.3 Å². The first-order valence-electron chi connectivity index (χ1n) is 8.27. The Morgan fingerprint density at radius 1 is 1.16 bits per heavy atom. The molecule has 1 aliphatic heterocycles. The lowest BCUT2D eigenvalue weighted by Crippen LogP contribution is -2.40. The van der Waals surface area contributed by atoms with Crippen molar-refractivity contribution in [2.75, 3.05) is 13.2 Å².